The van der Waals surface area contributed by atoms with Crippen molar-refractivity contribution in [2.45, 2.75) is 25.2 Å². The lowest BCUT2D eigenvalue weighted by Crippen LogP contribution is -2.53. The summed E-state index contributed by atoms with van der Waals surface area (Å²) in [6.45, 7) is 2.03. The summed E-state index contributed by atoms with van der Waals surface area (Å²) < 4.78 is 0. The molecule has 0 fully saturated rings. The Labute approximate surface area is 72.2 Å². The van der Waals surface area contributed by atoms with Gasteiger partial charge >= 0.3 is 6.17 Å². The zero-order valence-electron chi connectivity index (χ0n) is 7.03. The molecule has 0 spiro atoms. The highest BCUT2D eigenvalue weighted by Gasteiger charge is 2.30. The van der Waals surface area contributed by atoms with Crippen molar-refractivity contribution in [3.05, 3.63) is 0 Å². The molecular weight excluding hydrogens is 152 g/mol. The molecule has 2 aliphatic heterocycles. The molecule has 4 heteroatoms. The molecular formula is C8H14N4+. The molecule has 2 N–H and O–H groups in total. The van der Waals surface area contributed by atoms with Crippen LogP contribution in [0.15, 0.2) is 4.99 Å². The summed E-state index contributed by atoms with van der Waals surface area (Å²) in [7, 11) is 0. The molecule has 0 amide bonds. The van der Waals surface area contributed by atoms with Crippen LogP contribution in [0.2, 0.25) is 0 Å². The van der Waals surface area contributed by atoms with Gasteiger partial charge in [-0.2, -0.15) is 0 Å². The van der Waals surface area contributed by atoms with Crippen LogP contribution in [0.25, 0.3) is 0 Å². The number of aliphatic imine (C=N–C) groups is 2. The fourth-order valence-electron chi connectivity index (χ4n) is 1.46. The van der Waals surface area contributed by atoms with Crippen molar-refractivity contribution in [2.75, 3.05) is 13.1 Å². The zero-order chi connectivity index (χ0) is 8.23. The quantitative estimate of drug-likeness (QED) is 0.530. The van der Waals surface area contributed by atoms with Gasteiger partial charge in [-0.1, -0.05) is 0 Å². The van der Waals surface area contributed by atoms with E-state index < -0.39 is 0 Å². The summed E-state index contributed by atoms with van der Waals surface area (Å²) >= 11 is 0. The van der Waals surface area contributed by atoms with Crippen molar-refractivity contribution in [1.29, 1.82) is 0 Å². The Bertz CT molecular complexity index is 177. The van der Waals surface area contributed by atoms with Crippen molar-refractivity contribution in [1.82, 2.24) is 15.6 Å². The van der Waals surface area contributed by atoms with Crippen LogP contribution in [0.5, 0.6) is 0 Å². The third-order valence-corrected chi connectivity index (χ3v) is 2.08. The van der Waals surface area contributed by atoms with Gasteiger partial charge in [0.25, 0.3) is 0 Å². The van der Waals surface area contributed by atoms with E-state index in [4.69, 9.17) is 0 Å². The van der Waals surface area contributed by atoms with Crippen LogP contribution < -0.4 is 15.6 Å². The van der Waals surface area contributed by atoms with Crippen LogP contribution in [-0.2, 0) is 0 Å². The maximum Gasteiger partial charge on any atom is 0.307 e. The number of nitrogens with zero attached hydrogens (tertiary/aromatic N) is 2. The maximum absolute atomic E-state index is 4.34. The van der Waals surface area contributed by atoms with E-state index in [2.05, 4.69) is 20.6 Å². The molecule has 0 saturated carbocycles. The second kappa shape index (κ2) is 3.78. The van der Waals surface area contributed by atoms with E-state index in [1.165, 1.54) is 0 Å². The minimum atomic E-state index is 0.148. The molecule has 0 aliphatic carbocycles. The number of hydrogen-bond acceptors (Lipinski definition) is 4. The van der Waals surface area contributed by atoms with Gasteiger partial charge in [0, 0.05) is 30.7 Å². The second-order valence-electron chi connectivity index (χ2n) is 3.04. The van der Waals surface area contributed by atoms with E-state index in [0.717, 1.165) is 25.9 Å². The van der Waals surface area contributed by atoms with Crippen molar-refractivity contribution in [3.63, 3.8) is 0 Å². The van der Waals surface area contributed by atoms with E-state index >= 15 is 0 Å². The van der Waals surface area contributed by atoms with Crippen molar-refractivity contribution >= 4 is 12.4 Å². The van der Waals surface area contributed by atoms with Crippen molar-refractivity contribution in [3.8, 4) is 0 Å². The first kappa shape index (κ1) is 7.89. The Kier molecular flexibility index (Phi) is 2.48. The topological polar surface area (TPSA) is 50.5 Å². The van der Waals surface area contributed by atoms with Gasteiger partial charge in [0.05, 0.1) is 0 Å². The summed E-state index contributed by atoms with van der Waals surface area (Å²) in [5.41, 5.74) is 0. The van der Waals surface area contributed by atoms with Crippen LogP contribution in [0, 0.1) is 0 Å². The fraction of sp³-hybridized carbons (Fsp3) is 0.750. The second-order valence-corrected chi connectivity index (χ2v) is 3.04. The summed E-state index contributed by atoms with van der Waals surface area (Å²) in [4.78, 5) is 8.68. The lowest BCUT2D eigenvalue weighted by atomic mass is 10.2. The fourth-order valence-corrected chi connectivity index (χ4v) is 1.46. The van der Waals surface area contributed by atoms with Crippen LogP contribution in [0.4, 0.5) is 0 Å². The molecule has 0 saturated heterocycles. The summed E-state index contributed by atoms with van der Waals surface area (Å²) in [5, 5.41) is 6.63. The Morgan fingerprint density at radius 3 is 2.83 bits per heavy atom. The Morgan fingerprint density at radius 2 is 2.17 bits per heavy atom. The van der Waals surface area contributed by atoms with E-state index in [9.17, 15) is 0 Å². The van der Waals surface area contributed by atoms with E-state index in [-0.39, 0.29) is 12.3 Å². The normalized spacial score (nSPS) is 35.3. The molecule has 2 rings (SSSR count). The SMILES string of the molecule is C1=NC(C2[N+]=CCCN2)NCC1. The van der Waals surface area contributed by atoms with Gasteiger partial charge in [0.1, 0.15) is 0 Å². The van der Waals surface area contributed by atoms with Gasteiger partial charge in [0.2, 0.25) is 6.21 Å². The first-order valence-electron chi connectivity index (χ1n) is 4.47. The van der Waals surface area contributed by atoms with Gasteiger partial charge in [-0.25, -0.2) is 0 Å². The minimum absolute atomic E-state index is 0.148. The first-order chi connectivity index (χ1) is 5.97. The smallest absolute Gasteiger partial charge is 0.288 e. The Hall–Kier alpha value is -0.740. The van der Waals surface area contributed by atoms with Crippen molar-refractivity contribution < 1.29 is 0 Å². The lowest BCUT2D eigenvalue weighted by Gasteiger charge is -2.19. The zero-order valence-corrected chi connectivity index (χ0v) is 7.03. The molecule has 0 bridgehead atoms. The molecule has 1 radical (unpaired) electrons. The van der Waals surface area contributed by atoms with Gasteiger partial charge in [-0.15, -0.1) is 0 Å². The van der Waals surface area contributed by atoms with Gasteiger partial charge in [0.15, 0.2) is 6.17 Å². The molecule has 0 aromatic rings. The summed E-state index contributed by atoms with van der Waals surface area (Å²) in [6, 6.07) is 0. The number of rotatable bonds is 1. The highest BCUT2D eigenvalue weighted by molar-refractivity contribution is 5.59. The van der Waals surface area contributed by atoms with Gasteiger partial charge in [-0.3, -0.25) is 15.6 Å². The van der Waals surface area contributed by atoms with E-state index in [1.807, 2.05) is 12.4 Å². The summed E-state index contributed by atoms with van der Waals surface area (Å²) in [6.07, 6.45) is 6.32. The molecule has 0 aromatic carbocycles. The highest BCUT2D eigenvalue weighted by atomic mass is 15.2. The monoisotopic (exact) mass is 166 g/mol. The molecule has 65 valence electrons. The summed E-state index contributed by atoms with van der Waals surface area (Å²) in [5.74, 6) is 0. The third-order valence-electron chi connectivity index (χ3n) is 2.08. The largest absolute Gasteiger partial charge is 0.307 e. The third kappa shape index (κ3) is 1.70. The average Bonchev–Trinajstić information content (AvgIpc) is 2.21. The van der Waals surface area contributed by atoms with Gasteiger partial charge < -0.3 is 0 Å². The predicted molar refractivity (Wildman–Crippen MR) is 49.5 cm³/mol. The Morgan fingerprint density at radius 1 is 1.25 bits per heavy atom. The molecule has 0 aromatic heterocycles. The average molecular weight is 166 g/mol. The molecule has 2 aliphatic rings. The van der Waals surface area contributed by atoms with Crippen LogP contribution in [0.1, 0.15) is 12.8 Å². The standard InChI is InChI=1S/C8H14N4/c1-3-9-7(10-4-1)8-11-5-2-6-12-8/h3,5,7-8,10,12H,1-2,4,6H2/q+1. The Balaban J connectivity index is 1.97. The van der Waals surface area contributed by atoms with Crippen LogP contribution in [-0.4, -0.2) is 37.9 Å². The minimum Gasteiger partial charge on any atom is -0.288 e. The molecule has 2 unspecified atom stereocenters. The van der Waals surface area contributed by atoms with Crippen LogP contribution >= 0.6 is 0 Å². The maximum atomic E-state index is 4.34. The molecule has 4 nitrogen and oxygen atoms in total. The van der Waals surface area contributed by atoms with Gasteiger partial charge in [-0.05, 0) is 6.42 Å². The molecule has 2 atom stereocenters. The van der Waals surface area contributed by atoms with E-state index in [1.54, 1.807) is 0 Å². The highest BCUT2D eigenvalue weighted by Crippen LogP contribution is 1.98. The van der Waals surface area contributed by atoms with E-state index in [0.29, 0.717) is 0 Å². The number of nitrogens with one attached hydrogen (secondary N) is 2. The molecule has 12 heavy (non-hydrogen) atoms. The van der Waals surface area contributed by atoms with Crippen LogP contribution in [0.3, 0.4) is 0 Å². The number of hydrogen-bond donors (Lipinski definition) is 2. The lowest BCUT2D eigenvalue weighted by molar-refractivity contribution is 0.357. The van der Waals surface area contributed by atoms with Crippen molar-refractivity contribution in [2.24, 2.45) is 4.99 Å². The first-order valence-corrected chi connectivity index (χ1v) is 4.47. The molecule has 2 heterocycles. The predicted octanol–water partition coefficient (Wildman–Crippen LogP) is -0.897.